The predicted molar refractivity (Wildman–Crippen MR) is 208 cm³/mol. The summed E-state index contributed by atoms with van der Waals surface area (Å²) in [6.45, 7) is 11.5. The van der Waals surface area contributed by atoms with Crippen LogP contribution in [0.1, 0.15) is 59.1 Å². The zero-order valence-corrected chi connectivity index (χ0v) is 32.5. The molecule has 1 aromatic heterocycles. The van der Waals surface area contributed by atoms with Crippen molar-refractivity contribution in [3.63, 3.8) is 0 Å². The number of hydrogen-bond donors (Lipinski definition) is 7. The Hall–Kier alpha value is -4.05. The quantitative estimate of drug-likeness (QED) is 0.116. The van der Waals surface area contributed by atoms with Crippen LogP contribution in [-0.4, -0.2) is 102 Å². The van der Waals surface area contributed by atoms with E-state index in [0.717, 1.165) is 27.3 Å². The Labute approximate surface area is 314 Å². The third-order valence-corrected chi connectivity index (χ3v) is 11.1. The van der Waals surface area contributed by atoms with Crippen molar-refractivity contribution in [1.82, 2.24) is 29.5 Å². The van der Waals surface area contributed by atoms with E-state index in [2.05, 4.69) is 20.3 Å². The molecule has 290 valence electrons. The SMILES string of the molecule is CN(C(=O)O)[C@H](C(=O)N[C@H](Cc1ccc(-c2ccccn2)cc1)C[C@H](O)[C@H](Cc1ccccc1)NC(=O)[C@@H](N1CCNS1(O)O)C(C)(C)C)C(C)(C)C. The Morgan fingerprint density at radius 1 is 0.868 bits per heavy atom. The minimum absolute atomic E-state index is 0.0137. The second-order valence-electron chi connectivity index (χ2n) is 15.9. The molecule has 2 heterocycles. The fourth-order valence-corrected chi connectivity index (χ4v) is 8.55. The number of hydrogen-bond acceptors (Lipinski definition) is 9. The van der Waals surface area contributed by atoms with Crippen LogP contribution in [0.3, 0.4) is 0 Å². The van der Waals surface area contributed by atoms with Crippen LogP contribution in [0.5, 0.6) is 0 Å². The van der Waals surface area contributed by atoms with E-state index < -0.39 is 70.0 Å². The number of pyridine rings is 1. The van der Waals surface area contributed by atoms with Gasteiger partial charge in [-0.25, -0.2) is 9.52 Å². The molecule has 4 rings (SSSR count). The molecule has 1 saturated heterocycles. The number of aromatic nitrogens is 1. The molecule has 3 amide bonds. The number of carboxylic acid groups (broad SMARTS) is 1. The molecule has 1 aliphatic heterocycles. The highest BCUT2D eigenvalue weighted by Crippen LogP contribution is 2.47. The van der Waals surface area contributed by atoms with Crippen LogP contribution in [0.15, 0.2) is 79.0 Å². The van der Waals surface area contributed by atoms with Crippen LogP contribution in [0.25, 0.3) is 11.3 Å². The van der Waals surface area contributed by atoms with E-state index in [1.165, 1.54) is 11.4 Å². The standard InChI is InChI=1S/C39H56N6O7S/c1-38(2,3)33(44(7)37(49)50)35(47)42-29(23-27-16-18-28(19-17-27)30-15-11-12-20-40-30)25-32(46)31(24-26-13-9-8-10-14-26)43-36(48)34(39(4,5)6)45-22-21-41-53(45,51)52/h8-20,29,31-34,41,46,51-52H,21-25H2,1-7H3,(H,42,47)(H,43,48)(H,49,50)/t29-,31+,32+,33-,34-/m1/s1. The molecule has 14 heteroatoms. The molecule has 0 spiro atoms. The fourth-order valence-electron chi connectivity index (χ4n) is 6.97. The number of rotatable bonds is 14. The number of aliphatic hydroxyl groups excluding tert-OH is 1. The number of amides is 3. The third-order valence-electron chi connectivity index (χ3n) is 9.43. The maximum Gasteiger partial charge on any atom is 0.407 e. The maximum absolute atomic E-state index is 14.2. The summed E-state index contributed by atoms with van der Waals surface area (Å²) in [4.78, 5) is 45.6. The summed E-state index contributed by atoms with van der Waals surface area (Å²) in [6, 6.07) is 19.3. The largest absolute Gasteiger partial charge is 0.465 e. The monoisotopic (exact) mass is 752 g/mol. The lowest BCUT2D eigenvalue weighted by molar-refractivity contribution is -0.131. The topological polar surface area (TPSA) is 188 Å². The molecule has 2 aromatic carbocycles. The molecule has 7 N–H and O–H groups in total. The van der Waals surface area contributed by atoms with E-state index in [1.807, 2.05) is 93.6 Å². The van der Waals surface area contributed by atoms with Gasteiger partial charge in [-0.2, -0.15) is 4.31 Å². The zero-order chi connectivity index (χ0) is 39.1. The van der Waals surface area contributed by atoms with Crippen LogP contribution < -0.4 is 15.4 Å². The summed E-state index contributed by atoms with van der Waals surface area (Å²) in [5.74, 6) is -0.976. The van der Waals surface area contributed by atoms with Crippen LogP contribution in [-0.2, 0) is 22.4 Å². The normalized spacial score (nSPS) is 18.2. The number of aliphatic hydroxyl groups is 1. The summed E-state index contributed by atoms with van der Waals surface area (Å²) in [7, 11) is -2.03. The summed E-state index contributed by atoms with van der Waals surface area (Å²) in [5.41, 5.74) is 1.98. The van der Waals surface area contributed by atoms with Gasteiger partial charge in [0.15, 0.2) is 0 Å². The first kappa shape index (κ1) is 41.7. The van der Waals surface area contributed by atoms with Crippen molar-refractivity contribution in [2.45, 2.75) is 91.1 Å². The summed E-state index contributed by atoms with van der Waals surface area (Å²) >= 11 is 0. The molecule has 0 bridgehead atoms. The van der Waals surface area contributed by atoms with Crippen molar-refractivity contribution in [2.24, 2.45) is 10.8 Å². The van der Waals surface area contributed by atoms with Gasteiger partial charge in [0.1, 0.15) is 12.1 Å². The van der Waals surface area contributed by atoms with E-state index in [1.54, 1.807) is 27.0 Å². The van der Waals surface area contributed by atoms with Crippen molar-refractivity contribution in [1.29, 1.82) is 0 Å². The van der Waals surface area contributed by atoms with E-state index >= 15 is 0 Å². The third kappa shape index (κ3) is 11.2. The van der Waals surface area contributed by atoms with E-state index in [0.29, 0.717) is 13.0 Å². The minimum atomic E-state index is -3.39. The van der Waals surface area contributed by atoms with Gasteiger partial charge in [0.25, 0.3) is 0 Å². The van der Waals surface area contributed by atoms with Gasteiger partial charge in [0.05, 0.1) is 17.8 Å². The van der Waals surface area contributed by atoms with Crippen LogP contribution >= 0.6 is 11.0 Å². The number of benzene rings is 2. The Morgan fingerprint density at radius 2 is 1.49 bits per heavy atom. The van der Waals surface area contributed by atoms with Gasteiger partial charge in [-0.3, -0.25) is 28.6 Å². The van der Waals surface area contributed by atoms with Crippen molar-refractivity contribution >= 4 is 28.9 Å². The van der Waals surface area contributed by atoms with Gasteiger partial charge in [-0.15, -0.1) is 0 Å². The minimum Gasteiger partial charge on any atom is -0.465 e. The number of carbonyl (C=O) groups is 3. The van der Waals surface area contributed by atoms with Gasteiger partial charge < -0.3 is 20.8 Å². The Bertz CT molecular complexity index is 1670. The van der Waals surface area contributed by atoms with Gasteiger partial charge in [0.2, 0.25) is 11.8 Å². The lowest BCUT2D eigenvalue weighted by Gasteiger charge is -2.45. The van der Waals surface area contributed by atoms with Crippen LogP contribution in [0.4, 0.5) is 4.79 Å². The first-order chi connectivity index (χ1) is 24.8. The number of carbonyl (C=O) groups excluding carboxylic acids is 2. The summed E-state index contributed by atoms with van der Waals surface area (Å²) in [5, 5.41) is 27.9. The highest BCUT2D eigenvalue weighted by molar-refractivity contribution is 8.20. The smallest absolute Gasteiger partial charge is 0.407 e. The van der Waals surface area contributed by atoms with Gasteiger partial charge in [-0.05, 0) is 53.4 Å². The molecule has 0 radical (unpaired) electrons. The van der Waals surface area contributed by atoms with Crippen molar-refractivity contribution in [2.75, 3.05) is 20.1 Å². The van der Waals surface area contributed by atoms with Gasteiger partial charge in [-0.1, -0.05) is 113 Å². The van der Waals surface area contributed by atoms with E-state index in [4.69, 9.17) is 0 Å². The molecule has 5 atom stereocenters. The van der Waals surface area contributed by atoms with Crippen LogP contribution in [0, 0.1) is 10.8 Å². The Balaban J connectivity index is 1.66. The Kier molecular flexibility index (Phi) is 13.7. The molecular formula is C39H56N6O7S. The zero-order valence-electron chi connectivity index (χ0n) is 31.7. The molecular weight excluding hydrogens is 697 g/mol. The molecule has 0 saturated carbocycles. The predicted octanol–water partition coefficient (Wildman–Crippen LogP) is 5.18. The van der Waals surface area contributed by atoms with Crippen LogP contribution in [0.2, 0.25) is 0 Å². The molecule has 0 aliphatic carbocycles. The van der Waals surface area contributed by atoms with Gasteiger partial charge in [0, 0.05) is 37.9 Å². The highest BCUT2D eigenvalue weighted by Gasteiger charge is 2.46. The highest BCUT2D eigenvalue weighted by atomic mass is 32.3. The van der Waals surface area contributed by atoms with Crippen molar-refractivity contribution in [3.8, 4) is 11.3 Å². The lowest BCUT2D eigenvalue weighted by atomic mass is 9.84. The average Bonchev–Trinajstić information content (AvgIpc) is 3.41. The second kappa shape index (κ2) is 17.4. The van der Waals surface area contributed by atoms with Crippen molar-refractivity contribution in [3.05, 3.63) is 90.1 Å². The first-order valence-corrected chi connectivity index (χ1v) is 19.4. The van der Waals surface area contributed by atoms with E-state index in [-0.39, 0.29) is 19.4 Å². The molecule has 13 nitrogen and oxygen atoms in total. The number of nitrogens with one attached hydrogen (secondary N) is 3. The summed E-state index contributed by atoms with van der Waals surface area (Å²) in [6.07, 6.45) is -0.135. The molecule has 53 heavy (non-hydrogen) atoms. The number of nitrogens with zero attached hydrogens (tertiary/aromatic N) is 3. The molecule has 1 aliphatic rings. The average molecular weight is 753 g/mol. The van der Waals surface area contributed by atoms with Crippen molar-refractivity contribution < 1.29 is 33.7 Å². The van der Waals surface area contributed by atoms with Gasteiger partial charge >= 0.3 is 6.09 Å². The molecule has 3 aromatic rings. The summed E-state index contributed by atoms with van der Waals surface area (Å²) < 4.78 is 25.6. The first-order valence-electron chi connectivity index (χ1n) is 17.9. The lowest BCUT2D eigenvalue weighted by Crippen LogP contribution is -2.59. The second-order valence-corrected chi connectivity index (χ2v) is 17.7. The molecule has 0 unspecified atom stereocenters. The number of likely N-dealkylation sites (N-methyl/N-ethyl adjacent to an activating group) is 1. The fraction of sp³-hybridized carbons (Fsp3) is 0.487. The Morgan fingerprint density at radius 3 is 2.02 bits per heavy atom. The molecule has 1 fully saturated rings. The van der Waals surface area contributed by atoms with E-state index in [9.17, 15) is 33.7 Å². The maximum atomic E-state index is 14.2.